The van der Waals surface area contributed by atoms with E-state index in [0.717, 1.165) is 32.1 Å². The average molecular weight is 1120 g/mol. The van der Waals surface area contributed by atoms with Crippen molar-refractivity contribution in [2.75, 3.05) is 26.4 Å². The molecule has 0 bridgehead atoms. The Bertz CT molecular complexity index is 2500. The number of ether oxygens (including phenoxy) is 9. The molecule has 0 radical (unpaired) electrons. The van der Waals surface area contributed by atoms with Crippen molar-refractivity contribution in [2.45, 2.75) is 189 Å². The molecule has 438 valence electrons. The summed E-state index contributed by atoms with van der Waals surface area (Å²) >= 11 is 0. The molecular formula is C55H75NO23. The largest absolute Gasteiger partial charge is 0.479 e. The van der Waals surface area contributed by atoms with E-state index < -0.39 is 159 Å². The van der Waals surface area contributed by atoms with Crippen LogP contribution in [0.5, 0.6) is 0 Å². The summed E-state index contributed by atoms with van der Waals surface area (Å²) in [5, 5.41) is 101. The second-order valence-electron chi connectivity index (χ2n) is 21.2. The van der Waals surface area contributed by atoms with Gasteiger partial charge in [-0.1, -0.05) is 81.8 Å². The van der Waals surface area contributed by atoms with Gasteiger partial charge < -0.3 is 98.3 Å². The molecule has 3 saturated heterocycles. The van der Waals surface area contributed by atoms with Crippen LogP contribution in [-0.2, 0) is 58.8 Å². The lowest BCUT2D eigenvalue weighted by Gasteiger charge is -2.48. The van der Waals surface area contributed by atoms with Gasteiger partial charge in [0.2, 0.25) is 5.91 Å². The van der Waals surface area contributed by atoms with E-state index >= 15 is 0 Å². The molecular weight excluding hydrogens is 1040 g/mol. The number of aliphatic carboxylic acids is 1. The number of carboxylic acids is 1. The summed E-state index contributed by atoms with van der Waals surface area (Å²) in [5.74, 6) is -4.22. The van der Waals surface area contributed by atoms with Crippen LogP contribution in [0.4, 0.5) is 0 Å². The number of para-hydroxylation sites is 1. The highest BCUT2D eigenvalue weighted by Crippen LogP contribution is 2.41. The number of nitrogens with one attached hydrogen (secondary N) is 1. The molecule has 2 saturated carbocycles. The van der Waals surface area contributed by atoms with E-state index in [2.05, 4.69) is 5.32 Å². The fraction of sp³-hybridized carbons (Fsp3) is 0.673. The first-order valence-corrected chi connectivity index (χ1v) is 27.2. The third-order valence-electron chi connectivity index (χ3n) is 15.8. The Morgan fingerprint density at radius 2 is 1.41 bits per heavy atom. The van der Waals surface area contributed by atoms with Gasteiger partial charge in [0.25, 0.3) is 0 Å². The van der Waals surface area contributed by atoms with Gasteiger partial charge in [0.05, 0.1) is 55.9 Å². The zero-order valence-electron chi connectivity index (χ0n) is 44.0. The lowest BCUT2D eigenvalue weighted by Crippen LogP contribution is -2.64. The maximum atomic E-state index is 14.3. The minimum absolute atomic E-state index is 0.00978. The van der Waals surface area contributed by atoms with Crippen LogP contribution in [0.2, 0.25) is 0 Å². The minimum atomic E-state index is -1.76. The molecule has 3 aromatic rings. The zero-order valence-corrected chi connectivity index (χ0v) is 44.0. The smallest absolute Gasteiger partial charge is 0.341 e. The molecule has 2 aromatic carbocycles. The summed E-state index contributed by atoms with van der Waals surface area (Å²) in [6.07, 6.45) is -22.2. The van der Waals surface area contributed by atoms with Crippen molar-refractivity contribution in [3.8, 4) is 0 Å². The van der Waals surface area contributed by atoms with Crippen LogP contribution in [0.15, 0.2) is 69.9 Å². The summed E-state index contributed by atoms with van der Waals surface area (Å²) in [4.78, 5) is 53.8. The number of hydrogen-bond donors (Lipinski definition) is 10. The molecule has 20 atom stereocenters. The number of hydrogen-bond acceptors (Lipinski definition) is 22. The van der Waals surface area contributed by atoms with E-state index in [1.54, 1.807) is 48.5 Å². The Morgan fingerprint density at radius 3 is 2.10 bits per heavy atom. The summed E-state index contributed by atoms with van der Waals surface area (Å²) in [6, 6.07) is 16.2. The van der Waals surface area contributed by atoms with Crippen molar-refractivity contribution in [3.05, 3.63) is 82.2 Å². The Balaban J connectivity index is 1.01. The quantitative estimate of drug-likeness (QED) is 0.0370. The van der Waals surface area contributed by atoms with Crippen molar-refractivity contribution in [1.29, 1.82) is 0 Å². The van der Waals surface area contributed by atoms with Crippen LogP contribution in [0.25, 0.3) is 11.0 Å². The fourth-order valence-corrected chi connectivity index (χ4v) is 11.3. The molecule has 1 amide bonds. The highest BCUT2D eigenvalue weighted by atomic mass is 16.8. The average Bonchev–Trinajstić information content (AvgIpc) is 3.54. The molecule has 5 fully saturated rings. The normalized spacial score (nSPS) is 35.8. The first-order valence-electron chi connectivity index (χ1n) is 27.2. The Morgan fingerprint density at radius 1 is 0.722 bits per heavy atom. The zero-order chi connectivity index (χ0) is 56.5. The number of fused-ring (bicyclic) bond motifs is 1. The van der Waals surface area contributed by atoms with E-state index in [9.17, 15) is 65.1 Å². The van der Waals surface area contributed by atoms with Crippen molar-refractivity contribution >= 4 is 28.8 Å². The number of amides is 1. The molecule has 2 aliphatic carbocycles. The second kappa shape index (κ2) is 27.9. The fourth-order valence-electron chi connectivity index (χ4n) is 11.3. The third-order valence-corrected chi connectivity index (χ3v) is 15.8. The molecule has 0 spiro atoms. The van der Waals surface area contributed by atoms with Crippen molar-refractivity contribution in [1.82, 2.24) is 5.32 Å². The first kappa shape index (κ1) is 60.5. The van der Waals surface area contributed by atoms with Crippen LogP contribution in [0.1, 0.15) is 87.6 Å². The van der Waals surface area contributed by atoms with Crippen molar-refractivity contribution in [2.24, 2.45) is 17.8 Å². The first-order chi connectivity index (χ1) is 38.0. The van der Waals surface area contributed by atoms with E-state index in [0.29, 0.717) is 17.4 Å². The number of carbonyl (C=O) groups is 3. The SMILES string of the molecule is CCC1CC(C(=O)NCCO[C@H]2OC(CO)[C@@H](O)C(OCc3cc4ccccc4oc3=O)C2O)C[C@@H](O[C@@H]2OC(CO)[C@H](O)C(O[C@@H](CC3CCCCC3)C(=O)O)C2OC(=O)c2ccccc2)C1O[C@@H]1OC(C)[C@@H](O)C(O)C1O. The molecule has 1 aromatic heterocycles. The monoisotopic (exact) mass is 1120 g/mol. The van der Waals surface area contributed by atoms with Gasteiger partial charge in [0.15, 0.2) is 31.1 Å². The standard InChI is InChI=1S/C55H75NO23/c1-3-29-21-32(49(65)56-18-19-70-53-44(64)46(40(60)37(24-57)76-53)71-26-33-22-31-16-10-11-17-34(31)74-52(33)69)23-35(45(29)79-54-43(63)42(62)39(59)27(2)72-54)75-55-48(78-51(68)30-14-8-5-9-15-30)47(41(61)38(25-58)77-55)73-36(50(66)67)20-28-12-6-4-7-13-28/h5,8-11,14-17,22,27-29,32,35-48,53-55,57-64H,3-4,6-7,12-13,18-21,23-26H2,1-2H3,(H,56,65)(H,66,67)/t27?,29?,32?,35-,36+,37?,38?,39-,40-,41+,42?,43?,44?,45?,46?,47?,48?,53+,54+,55-/m1/s1. The van der Waals surface area contributed by atoms with Gasteiger partial charge in [0, 0.05) is 17.8 Å². The number of esters is 1. The Labute approximate surface area is 455 Å². The van der Waals surface area contributed by atoms with Gasteiger partial charge >= 0.3 is 17.6 Å². The number of aliphatic hydroxyl groups is 8. The molecule has 79 heavy (non-hydrogen) atoms. The Kier molecular flexibility index (Phi) is 21.4. The summed E-state index contributed by atoms with van der Waals surface area (Å²) in [6.45, 7) is 0.970. The lowest BCUT2D eigenvalue weighted by molar-refractivity contribution is -0.349. The number of aliphatic hydroxyl groups excluding tert-OH is 8. The van der Waals surface area contributed by atoms with Gasteiger partial charge in [-0.15, -0.1) is 0 Å². The van der Waals surface area contributed by atoms with Gasteiger partial charge in [-0.3, -0.25) is 4.79 Å². The van der Waals surface area contributed by atoms with Gasteiger partial charge in [-0.05, 0) is 62.3 Å². The summed E-state index contributed by atoms with van der Waals surface area (Å²) in [5.41, 5.74) is -0.145. The molecule has 3 aliphatic heterocycles. The number of rotatable bonds is 22. The predicted molar refractivity (Wildman–Crippen MR) is 271 cm³/mol. The molecule has 12 unspecified atom stereocenters. The van der Waals surface area contributed by atoms with Gasteiger partial charge in [-0.25, -0.2) is 14.4 Å². The maximum Gasteiger partial charge on any atom is 0.341 e. The predicted octanol–water partition coefficient (Wildman–Crippen LogP) is 0.397. The number of carboxylic acid groups (broad SMARTS) is 1. The van der Waals surface area contributed by atoms with Crippen LogP contribution >= 0.6 is 0 Å². The molecule has 24 nitrogen and oxygen atoms in total. The van der Waals surface area contributed by atoms with E-state index in [1.165, 1.54) is 19.1 Å². The highest BCUT2D eigenvalue weighted by molar-refractivity contribution is 5.89. The highest BCUT2D eigenvalue weighted by Gasteiger charge is 2.54. The summed E-state index contributed by atoms with van der Waals surface area (Å²) in [7, 11) is 0. The van der Waals surface area contributed by atoms with Crippen molar-refractivity contribution < 1.29 is 107 Å². The Hall–Kier alpha value is -4.58. The topological polar surface area (TPSA) is 359 Å². The maximum absolute atomic E-state index is 14.3. The summed E-state index contributed by atoms with van der Waals surface area (Å²) < 4.78 is 60.3. The minimum Gasteiger partial charge on any atom is -0.479 e. The molecule has 24 heteroatoms. The van der Waals surface area contributed by atoms with E-state index in [4.69, 9.17) is 47.0 Å². The molecule has 5 aliphatic rings. The lowest BCUT2D eigenvalue weighted by atomic mass is 9.75. The molecule has 4 heterocycles. The van der Waals surface area contributed by atoms with Crippen molar-refractivity contribution in [3.63, 3.8) is 0 Å². The van der Waals surface area contributed by atoms with Crippen LogP contribution in [0.3, 0.4) is 0 Å². The van der Waals surface area contributed by atoms with Crippen LogP contribution < -0.4 is 10.9 Å². The van der Waals surface area contributed by atoms with Crippen LogP contribution in [-0.4, -0.2) is 201 Å². The van der Waals surface area contributed by atoms with Crippen LogP contribution in [0, 0.1) is 17.8 Å². The molecule has 8 rings (SSSR count). The van der Waals surface area contributed by atoms with E-state index in [1.807, 2.05) is 6.92 Å². The number of benzene rings is 2. The van der Waals surface area contributed by atoms with E-state index in [-0.39, 0.29) is 56.1 Å². The van der Waals surface area contributed by atoms with Gasteiger partial charge in [0.1, 0.15) is 66.6 Å². The van der Waals surface area contributed by atoms with Gasteiger partial charge in [-0.2, -0.15) is 0 Å². The second-order valence-corrected chi connectivity index (χ2v) is 21.2. The number of carbonyl (C=O) groups excluding carboxylic acids is 2. The third kappa shape index (κ3) is 14.6. The molecule has 10 N–H and O–H groups in total.